The lowest BCUT2D eigenvalue weighted by molar-refractivity contribution is 0.0592. The lowest BCUT2D eigenvalue weighted by Gasteiger charge is -2.04. The Labute approximate surface area is 126 Å². The van der Waals surface area contributed by atoms with Gasteiger partial charge >= 0.3 is 5.97 Å². The van der Waals surface area contributed by atoms with E-state index in [2.05, 4.69) is 9.72 Å². The summed E-state index contributed by atoms with van der Waals surface area (Å²) in [5.74, 6) is -1.04. The molecule has 0 saturated heterocycles. The number of benzene rings is 2. The van der Waals surface area contributed by atoms with Gasteiger partial charge in [0, 0.05) is 5.39 Å². The predicted molar refractivity (Wildman–Crippen MR) is 80.5 cm³/mol. The highest BCUT2D eigenvalue weighted by Gasteiger charge is 2.19. The molecule has 1 aromatic heterocycles. The molecular formula is C17H14FNO3. The minimum atomic E-state index is -0.624. The summed E-state index contributed by atoms with van der Waals surface area (Å²) in [6, 6.07) is 11.6. The first-order chi connectivity index (χ1) is 10.6. The van der Waals surface area contributed by atoms with Gasteiger partial charge in [-0.25, -0.2) is 9.18 Å². The van der Waals surface area contributed by atoms with Crippen molar-refractivity contribution < 1.29 is 19.0 Å². The van der Waals surface area contributed by atoms with Crippen molar-refractivity contribution in [3.63, 3.8) is 0 Å². The summed E-state index contributed by atoms with van der Waals surface area (Å²) >= 11 is 0. The molecule has 4 nitrogen and oxygen atoms in total. The zero-order chi connectivity index (χ0) is 15.7. The van der Waals surface area contributed by atoms with E-state index in [9.17, 15) is 14.3 Å². The molecule has 0 amide bonds. The molecule has 0 aliphatic heterocycles. The van der Waals surface area contributed by atoms with Gasteiger partial charge in [0.05, 0.1) is 12.6 Å². The van der Waals surface area contributed by atoms with Crippen molar-refractivity contribution in [2.75, 3.05) is 7.11 Å². The number of rotatable bonds is 3. The number of hydrogen-bond acceptors (Lipinski definition) is 3. The van der Waals surface area contributed by atoms with Gasteiger partial charge in [-0.05, 0) is 35.7 Å². The van der Waals surface area contributed by atoms with Crippen LogP contribution in [0.5, 0.6) is 5.75 Å². The highest BCUT2D eigenvalue weighted by molar-refractivity contribution is 6.02. The van der Waals surface area contributed by atoms with Crippen LogP contribution in [0.15, 0.2) is 42.5 Å². The zero-order valence-electron chi connectivity index (χ0n) is 11.9. The Hall–Kier alpha value is -2.82. The van der Waals surface area contributed by atoms with E-state index in [1.54, 1.807) is 18.2 Å². The lowest BCUT2D eigenvalue weighted by atomic mass is 10.0. The molecule has 22 heavy (non-hydrogen) atoms. The van der Waals surface area contributed by atoms with Crippen LogP contribution in [0.1, 0.15) is 21.6 Å². The first-order valence-corrected chi connectivity index (χ1v) is 6.75. The molecule has 1 heterocycles. The van der Waals surface area contributed by atoms with Crippen molar-refractivity contribution in [2.45, 2.75) is 6.42 Å². The molecule has 3 rings (SSSR count). The summed E-state index contributed by atoms with van der Waals surface area (Å²) in [5.41, 5.74) is 2.43. The molecule has 5 heteroatoms. The smallest absolute Gasteiger partial charge is 0.358 e. The number of carbonyl (C=O) groups is 1. The molecular weight excluding hydrogens is 285 g/mol. The molecule has 0 radical (unpaired) electrons. The third kappa shape index (κ3) is 2.41. The van der Waals surface area contributed by atoms with Gasteiger partial charge in [0.15, 0.2) is 11.4 Å². The van der Waals surface area contributed by atoms with Gasteiger partial charge in [0.1, 0.15) is 5.82 Å². The van der Waals surface area contributed by atoms with Crippen LogP contribution in [-0.2, 0) is 11.2 Å². The van der Waals surface area contributed by atoms with E-state index < -0.39 is 5.97 Å². The Balaban J connectivity index is 2.08. The highest BCUT2D eigenvalue weighted by Crippen LogP contribution is 2.33. The number of aromatic nitrogens is 1. The van der Waals surface area contributed by atoms with Crippen LogP contribution in [0.25, 0.3) is 10.9 Å². The Kier molecular flexibility index (Phi) is 3.55. The van der Waals surface area contributed by atoms with E-state index in [1.165, 1.54) is 19.2 Å². The summed E-state index contributed by atoms with van der Waals surface area (Å²) in [7, 11) is 1.26. The van der Waals surface area contributed by atoms with Crippen molar-refractivity contribution in [1.29, 1.82) is 0 Å². The normalized spacial score (nSPS) is 10.8. The number of aromatic hydroxyl groups is 1. The predicted octanol–water partition coefficient (Wildman–Crippen LogP) is 3.39. The molecule has 3 aromatic rings. The van der Waals surface area contributed by atoms with Crippen molar-refractivity contribution in [1.82, 2.24) is 4.98 Å². The number of fused-ring (bicyclic) bond motifs is 1. The van der Waals surface area contributed by atoms with Crippen molar-refractivity contribution in [3.8, 4) is 5.75 Å². The number of ether oxygens (including phenoxy) is 1. The minimum absolute atomic E-state index is 0.0315. The number of H-pyrrole nitrogens is 1. The third-order valence-electron chi connectivity index (χ3n) is 3.58. The summed E-state index contributed by atoms with van der Waals surface area (Å²) < 4.78 is 17.6. The molecule has 2 aromatic carbocycles. The average molecular weight is 299 g/mol. The van der Waals surface area contributed by atoms with Crippen LogP contribution in [0.4, 0.5) is 4.39 Å². The first kappa shape index (κ1) is 14.1. The molecule has 0 atom stereocenters. The van der Waals surface area contributed by atoms with E-state index in [0.717, 1.165) is 11.1 Å². The van der Waals surface area contributed by atoms with E-state index >= 15 is 0 Å². The largest absolute Gasteiger partial charge is 0.505 e. The van der Waals surface area contributed by atoms with Crippen molar-refractivity contribution in [3.05, 3.63) is 65.1 Å². The van der Waals surface area contributed by atoms with Gasteiger partial charge in [-0.2, -0.15) is 0 Å². The van der Waals surface area contributed by atoms with Crippen molar-refractivity contribution >= 4 is 16.9 Å². The molecule has 0 aliphatic carbocycles. The second-order valence-electron chi connectivity index (χ2n) is 4.98. The average Bonchev–Trinajstić information content (AvgIpc) is 2.87. The summed E-state index contributed by atoms with van der Waals surface area (Å²) in [4.78, 5) is 14.5. The molecule has 112 valence electrons. The fourth-order valence-corrected chi connectivity index (χ4v) is 2.52. The molecule has 0 spiro atoms. The number of esters is 1. The maximum atomic E-state index is 13.0. The minimum Gasteiger partial charge on any atom is -0.505 e. The van der Waals surface area contributed by atoms with Crippen LogP contribution >= 0.6 is 0 Å². The lowest BCUT2D eigenvalue weighted by Crippen LogP contribution is -2.01. The van der Waals surface area contributed by atoms with Gasteiger partial charge in [0.2, 0.25) is 0 Å². The number of hydrogen-bond donors (Lipinski definition) is 2. The number of halogens is 1. The summed E-state index contributed by atoms with van der Waals surface area (Å²) in [6.07, 6.45) is 0.518. The van der Waals surface area contributed by atoms with Crippen LogP contribution in [0.3, 0.4) is 0 Å². The van der Waals surface area contributed by atoms with E-state index in [4.69, 9.17) is 0 Å². The fraction of sp³-hybridized carbons (Fsp3) is 0.118. The maximum Gasteiger partial charge on any atom is 0.358 e. The second-order valence-corrected chi connectivity index (χ2v) is 4.98. The van der Waals surface area contributed by atoms with E-state index in [0.29, 0.717) is 17.3 Å². The topological polar surface area (TPSA) is 62.3 Å². The maximum absolute atomic E-state index is 13.0. The standard InChI is InChI=1S/C17H14FNO3/c1-22-17(21)15-16(20)14-11(3-2-4-13(14)19-15)9-10-5-7-12(18)8-6-10/h2-8,19-20H,9H2,1H3. The Morgan fingerprint density at radius 2 is 1.95 bits per heavy atom. The van der Waals surface area contributed by atoms with Crippen LogP contribution in [0, 0.1) is 5.82 Å². The first-order valence-electron chi connectivity index (χ1n) is 6.75. The summed E-state index contributed by atoms with van der Waals surface area (Å²) in [6.45, 7) is 0. The van der Waals surface area contributed by atoms with Gasteiger partial charge in [-0.1, -0.05) is 24.3 Å². The van der Waals surface area contributed by atoms with Gasteiger partial charge in [-0.3, -0.25) is 0 Å². The molecule has 0 fully saturated rings. The number of aromatic amines is 1. The molecule has 2 N–H and O–H groups in total. The number of carbonyl (C=O) groups excluding carboxylic acids is 1. The van der Waals surface area contributed by atoms with Crippen LogP contribution in [-0.4, -0.2) is 23.2 Å². The van der Waals surface area contributed by atoms with Crippen LogP contribution < -0.4 is 0 Å². The highest BCUT2D eigenvalue weighted by atomic mass is 19.1. The van der Waals surface area contributed by atoms with Gasteiger partial charge in [0.25, 0.3) is 0 Å². The number of methoxy groups -OCH3 is 1. The zero-order valence-corrected chi connectivity index (χ0v) is 11.9. The van der Waals surface area contributed by atoms with E-state index in [-0.39, 0.29) is 17.3 Å². The van der Waals surface area contributed by atoms with E-state index in [1.807, 2.05) is 12.1 Å². The monoisotopic (exact) mass is 299 g/mol. The summed E-state index contributed by atoms with van der Waals surface area (Å²) in [5, 5.41) is 10.9. The van der Waals surface area contributed by atoms with Crippen LogP contribution in [0.2, 0.25) is 0 Å². The Bertz CT molecular complexity index is 837. The number of nitrogens with one attached hydrogen (secondary N) is 1. The second kappa shape index (κ2) is 5.52. The molecule has 0 unspecified atom stereocenters. The SMILES string of the molecule is COC(=O)c1[nH]c2cccc(Cc3ccc(F)cc3)c2c1O. The quantitative estimate of drug-likeness (QED) is 0.729. The van der Waals surface area contributed by atoms with Gasteiger partial charge < -0.3 is 14.8 Å². The molecule has 0 saturated carbocycles. The molecule has 0 aliphatic rings. The third-order valence-corrected chi connectivity index (χ3v) is 3.58. The van der Waals surface area contributed by atoms with Crippen molar-refractivity contribution in [2.24, 2.45) is 0 Å². The fourth-order valence-electron chi connectivity index (χ4n) is 2.52. The molecule has 0 bridgehead atoms. The van der Waals surface area contributed by atoms with Gasteiger partial charge in [-0.15, -0.1) is 0 Å². The Morgan fingerprint density at radius 1 is 1.23 bits per heavy atom. The Morgan fingerprint density at radius 3 is 2.64 bits per heavy atom.